The highest BCUT2D eigenvalue weighted by molar-refractivity contribution is 5.67. The van der Waals surface area contributed by atoms with Crippen LogP contribution < -0.4 is 11.1 Å². The van der Waals surface area contributed by atoms with Crippen molar-refractivity contribution in [3.05, 3.63) is 47.7 Å². The lowest BCUT2D eigenvalue weighted by Gasteiger charge is -2.16. The molecule has 2 unspecified atom stereocenters. The molecule has 2 rings (SSSR count). The van der Waals surface area contributed by atoms with E-state index >= 15 is 0 Å². The highest BCUT2D eigenvalue weighted by Crippen LogP contribution is 2.15. The van der Waals surface area contributed by atoms with Crippen LogP contribution in [-0.4, -0.2) is 39.2 Å². The van der Waals surface area contributed by atoms with Crippen LogP contribution in [0.3, 0.4) is 0 Å². The minimum Gasteiger partial charge on any atom is -0.445 e. The fourth-order valence-electron chi connectivity index (χ4n) is 1.79. The summed E-state index contributed by atoms with van der Waals surface area (Å²) in [5.41, 5.74) is 6.53. The molecule has 1 aromatic carbocycles. The second kappa shape index (κ2) is 7.43. The van der Waals surface area contributed by atoms with Crippen LogP contribution in [-0.2, 0) is 11.3 Å². The molecule has 0 bridgehead atoms. The number of benzene rings is 1. The standard InChI is InChI=1S/C14H18N4O4/c15-12-6-10(17-18-12)13(20)11(19)7-16-14(21)22-8-9-4-2-1-3-5-9/h1-6,11,13,19-20H,7-8H2,(H,16,21)(H3,15,17,18). The van der Waals surface area contributed by atoms with E-state index in [9.17, 15) is 15.0 Å². The Labute approximate surface area is 126 Å². The van der Waals surface area contributed by atoms with E-state index in [-0.39, 0.29) is 24.7 Å². The lowest BCUT2D eigenvalue weighted by molar-refractivity contribution is 0.0159. The number of nitrogens with two attached hydrogens (primary N) is 1. The summed E-state index contributed by atoms with van der Waals surface area (Å²) in [5, 5.41) is 28.2. The summed E-state index contributed by atoms with van der Waals surface area (Å²) in [4.78, 5) is 11.5. The van der Waals surface area contributed by atoms with Gasteiger partial charge in [0.25, 0.3) is 0 Å². The zero-order chi connectivity index (χ0) is 15.9. The maximum Gasteiger partial charge on any atom is 0.407 e. The second-order valence-corrected chi connectivity index (χ2v) is 4.70. The van der Waals surface area contributed by atoms with Gasteiger partial charge in [0.1, 0.15) is 24.6 Å². The Bertz CT molecular complexity index is 602. The first-order chi connectivity index (χ1) is 10.6. The maximum absolute atomic E-state index is 11.5. The van der Waals surface area contributed by atoms with Crippen LogP contribution in [0.5, 0.6) is 0 Å². The lowest BCUT2D eigenvalue weighted by atomic mass is 10.1. The number of hydrogen-bond acceptors (Lipinski definition) is 6. The minimum atomic E-state index is -1.24. The van der Waals surface area contributed by atoms with E-state index in [0.717, 1.165) is 5.56 Å². The molecule has 118 valence electrons. The molecule has 2 atom stereocenters. The van der Waals surface area contributed by atoms with Crippen LogP contribution >= 0.6 is 0 Å². The molecular weight excluding hydrogens is 288 g/mol. The Balaban J connectivity index is 1.73. The predicted octanol–water partition coefficient (Wildman–Crippen LogP) is 0.313. The number of H-pyrrole nitrogens is 1. The molecule has 8 nitrogen and oxygen atoms in total. The van der Waals surface area contributed by atoms with E-state index in [1.807, 2.05) is 30.3 Å². The summed E-state index contributed by atoms with van der Waals surface area (Å²) in [6.07, 6.45) is -3.14. The van der Waals surface area contributed by atoms with E-state index in [2.05, 4.69) is 15.5 Å². The lowest BCUT2D eigenvalue weighted by Crippen LogP contribution is -2.35. The second-order valence-electron chi connectivity index (χ2n) is 4.70. The minimum absolute atomic E-state index is 0.127. The van der Waals surface area contributed by atoms with E-state index in [0.29, 0.717) is 0 Å². The summed E-state index contributed by atoms with van der Waals surface area (Å²) in [6.45, 7) is -0.0455. The Morgan fingerprint density at radius 2 is 2.09 bits per heavy atom. The normalized spacial score (nSPS) is 13.4. The Morgan fingerprint density at radius 1 is 1.36 bits per heavy atom. The average molecular weight is 306 g/mol. The third-order valence-electron chi connectivity index (χ3n) is 2.97. The smallest absolute Gasteiger partial charge is 0.407 e. The van der Waals surface area contributed by atoms with Crippen molar-refractivity contribution in [3.63, 3.8) is 0 Å². The van der Waals surface area contributed by atoms with Gasteiger partial charge in [-0.15, -0.1) is 0 Å². The molecule has 0 saturated heterocycles. The maximum atomic E-state index is 11.5. The number of alkyl carbamates (subject to hydrolysis) is 1. The number of nitrogens with zero attached hydrogens (tertiary/aromatic N) is 1. The summed E-state index contributed by atoms with van der Waals surface area (Å²) in [5.74, 6) is 0.205. The largest absolute Gasteiger partial charge is 0.445 e. The van der Waals surface area contributed by atoms with Crippen molar-refractivity contribution in [2.75, 3.05) is 12.3 Å². The zero-order valence-electron chi connectivity index (χ0n) is 11.8. The van der Waals surface area contributed by atoms with Crippen molar-refractivity contribution < 1.29 is 19.7 Å². The quantitative estimate of drug-likeness (QED) is 0.521. The molecule has 0 aliphatic carbocycles. The molecule has 0 fully saturated rings. The van der Waals surface area contributed by atoms with Gasteiger partial charge in [-0.25, -0.2) is 4.79 Å². The number of ether oxygens (including phenoxy) is 1. The number of aromatic amines is 1. The summed E-state index contributed by atoms with van der Waals surface area (Å²) in [6, 6.07) is 10.6. The molecule has 22 heavy (non-hydrogen) atoms. The number of rotatable bonds is 6. The van der Waals surface area contributed by atoms with Crippen LogP contribution in [0.15, 0.2) is 36.4 Å². The molecule has 1 heterocycles. The number of anilines is 1. The van der Waals surface area contributed by atoms with Crippen molar-refractivity contribution in [1.82, 2.24) is 15.5 Å². The predicted molar refractivity (Wildman–Crippen MR) is 78.6 cm³/mol. The fourth-order valence-corrected chi connectivity index (χ4v) is 1.79. The summed E-state index contributed by atoms with van der Waals surface area (Å²) >= 11 is 0. The Kier molecular flexibility index (Phi) is 5.34. The summed E-state index contributed by atoms with van der Waals surface area (Å²) in [7, 11) is 0. The molecule has 8 heteroatoms. The highest BCUT2D eigenvalue weighted by Gasteiger charge is 2.21. The number of carbonyl (C=O) groups excluding carboxylic acids is 1. The monoisotopic (exact) mass is 306 g/mol. The molecule has 0 aliphatic heterocycles. The fraction of sp³-hybridized carbons (Fsp3) is 0.286. The third-order valence-corrected chi connectivity index (χ3v) is 2.97. The number of amides is 1. The van der Waals surface area contributed by atoms with Crippen LogP contribution in [0.1, 0.15) is 17.4 Å². The number of hydrogen-bond donors (Lipinski definition) is 5. The molecule has 2 aromatic rings. The first kappa shape index (κ1) is 15.8. The van der Waals surface area contributed by atoms with Crippen LogP contribution in [0.2, 0.25) is 0 Å². The molecule has 0 aliphatic rings. The van der Waals surface area contributed by atoms with Gasteiger partial charge in [-0.05, 0) is 5.56 Å². The number of nitrogen functional groups attached to an aromatic ring is 1. The van der Waals surface area contributed by atoms with E-state index in [1.54, 1.807) is 0 Å². The average Bonchev–Trinajstić information content (AvgIpc) is 2.97. The molecule has 1 aromatic heterocycles. The number of carbonyl (C=O) groups is 1. The van der Waals surface area contributed by atoms with E-state index in [1.165, 1.54) is 6.07 Å². The Morgan fingerprint density at radius 3 is 2.73 bits per heavy atom. The van der Waals surface area contributed by atoms with Gasteiger partial charge in [0, 0.05) is 12.6 Å². The van der Waals surface area contributed by atoms with Gasteiger partial charge in [0.05, 0.1) is 5.69 Å². The van der Waals surface area contributed by atoms with Crippen molar-refractivity contribution in [3.8, 4) is 0 Å². The molecule has 0 spiro atoms. The van der Waals surface area contributed by atoms with Gasteiger partial charge < -0.3 is 26.0 Å². The topological polar surface area (TPSA) is 133 Å². The van der Waals surface area contributed by atoms with Gasteiger partial charge in [-0.1, -0.05) is 30.3 Å². The van der Waals surface area contributed by atoms with Crippen molar-refractivity contribution in [1.29, 1.82) is 0 Å². The molecular formula is C14H18N4O4. The van der Waals surface area contributed by atoms with Crippen molar-refractivity contribution in [2.45, 2.75) is 18.8 Å². The first-order valence-corrected chi connectivity index (χ1v) is 6.67. The number of aliphatic hydroxyl groups excluding tert-OH is 2. The van der Waals surface area contributed by atoms with Gasteiger partial charge in [-0.2, -0.15) is 5.10 Å². The van der Waals surface area contributed by atoms with E-state index < -0.39 is 18.3 Å². The van der Waals surface area contributed by atoms with Gasteiger partial charge in [0.15, 0.2) is 0 Å². The van der Waals surface area contributed by atoms with E-state index in [4.69, 9.17) is 10.5 Å². The SMILES string of the molecule is Nc1cc(C(O)C(O)CNC(=O)OCc2ccccc2)[nH]n1. The van der Waals surface area contributed by atoms with Crippen molar-refractivity contribution in [2.24, 2.45) is 0 Å². The van der Waals surface area contributed by atoms with Gasteiger partial charge in [-0.3, -0.25) is 5.10 Å². The number of nitrogens with one attached hydrogen (secondary N) is 2. The Hall–Kier alpha value is -2.58. The molecule has 1 amide bonds. The first-order valence-electron chi connectivity index (χ1n) is 6.67. The van der Waals surface area contributed by atoms with Gasteiger partial charge in [0.2, 0.25) is 0 Å². The van der Waals surface area contributed by atoms with Gasteiger partial charge >= 0.3 is 6.09 Å². The van der Waals surface area contributed by atoms with Crippen LogP contribution in [0.25, 0.3) is 0 Å². The molecule has 0 radical (unpaired) electrons. The molecule has 0 saturated carbocycles. The van der Waals surface area contributed by atoms with Crippen LogP contribution in [0.4, 0.5) is 10.6 Å². The summed E-state index contributed by atoms with van der Waals surface area (Å²) < 4.78 is 4.99. The third kappa shape index (κ3) is 4.47. The highest BCUT2D eigenvalue weighted by atomic mass is 16.5. The number of aromatic nitrogens is 2. The molecule has 6 N–H and O–H groups in total. The van der Waals surface area contributed by atoms with Crippen LogP contribution in [0, 0.1) is 0 Å². The van der Waals surface area contributed by atoms with Crippen molar-refractivity contribution >= 4 is 11.9 Å². The number of aliphatic hydroxyl groups is 2. The zero-order valence-corrected chi connectivity index (χ0v) is 11.8.